The van der Waals surface area contributed by atoms with Gasteiger partial charge in [0, 0.05) is 36.9 Å². The number of nitrogens with zero attached hydrogens (tertiary/aromatic N) is 3. The van der Waals surface area contributed by atoms with E-state index in [4.69, 9.17) is 5.73 Å². The van der Waals surface area contributed by atoms with Gasteiger partial charge in [0.25, 0.3) is 5.56 Å². The molecule has 3 N–H and O–H groups in total. The van der Waals surface area contributed by atoms with Gasteiger partial charge in [-0.2, -0.15) is 0 Å². The number of hydrogen-bond donors (Lipinski definition) is 2. The van der Waals surface area contributed by atoms with Crippen LogP contribution in [0, 0.1) is 6.92 Å². The first-order valence-corrected chi connectivity index (χ1v) is 7.71. The van der Waals surface area contributed by atoms with Crippen molar-refractivity contribution in [2.24, 2.45) is 5.73 Å². The maximum absolute atomic E-state index is 12.2. The molecule has 0 aromatic carbocycles. The molecule has 1 atom stereocenters. The summed E-state index contributed by atoms with van der Waals surface area (Å²) in [7, 11) is 0. The molecule has 0 bridgehead atoms. The number of anilines is 1. The lowest BCUT2D eigenvalue weighted by Crippen LogP contribution is -2.32. The highest BCUT2D eigenvalue weighted by molar-refractivity contribution is 5.84. The van der Waals surface area contributed by atoms with Crippen molar-refractivity contribution in [3.63, 3.8) is 0 Å². The third kappa shape index (κ3) is 1.96. The van der Waals surface area contributed by atoms with Gasteiger partial charge in [0.15, 0.2) is 0 Å². The molecule has 1 saturated carbocycles. The molecule has 1 saturated heterocycles. The Balaban J connectivity index is 1.99. The van der Waals surface area contributed by atoms with E-state index in [-0.39, 0.29) is 23.3 Å². The zero-order valence-corrected chi connectivity index (χ0v) is 12.5. The highest BCUT2D eigenvalue weighted by Crippen LogP contribution is 2.37. The Labute approximate surface area is 126 Å². The fraction of sp³-hybridized carbons (Fsp3) is 0.533. The van der Waals surface area contributed by atoms with Crippen LogP contribution in [0.2, 0.25) is 0 Å². The average Bonchev–Trinajstić information content (AvgIpc) is 3.21. The SMILES string of the molecule is Cc1c(N2CCC(N)C2)ncc2c(=O)[nH]c(=O)n(C3CC3)c12. The van der Waals surface area contributed by atoms with Crippen molar-refractivity contribution in [3.8, 4) is 0 Å². The first-order chi connectivity index (χ1) is 10.6. The van der Waals surface area contributed by atoms with Gasteiger partial charge in [-0.15, -0.1) is 0 Å². The van der Waals surface area contributed by atoms with Crippen LogP contribution in [0.25, 0.3) is 10.9 Å². The van der Waals surface area contributed by atoms with Crippen molar-refractivity contribution in [1.82, 2.24) is 14.5 Å². The van der Waals surface area contributed by atoms with E-state index in [0.717, 1.165) is 49.2 Å². The highest BCUT2D eigenvalue weighted by Gasteiger charge is 2.29. The summed E-state index contributed by atoms with van der Waals surface area (Å²) >= 11 is 0. The largest absolute Gasteiger partial charge is 0.355 e. The summed E-state index contributed by atoms with van der Waals surface area (Å²) < 4.78 is 1.73. The molecule has 7 heteroatoms. The number of H-pyrrole nitrogens is 1. The van der Waals surface area contributed by atoms with Gasteiger partial charge in [0.05, 0.1) is 10.9 Å². The molecule has 1 unspecified atom stereocenters. The van der Waals surface area contributed by atoms with Crippen LogP contribution in [0.1, 0.15) is 30.9 Å². The molecule has 0 spiro atoms. The Kier molecular flexibility index (Phi) is 2.87. The number of aromatic nitrogens is 3. The van der Waals surface area contributed by atoms with E-state index < -0.39 is 0 Å². The zero-order valence-electron chi connectivity index (χ0n) is 12.5. The first-order valence-electron chi connectivity index (χ1n) is 7.71. The van der Waals surface area contributed by atoms with Crippen LogP contribution in [0.3, 0.4) is 0 Å². The monoisotopic (exact) mass is 301 g/mol. The fourth-order valence-electron chi connectivity index (χ4n) is 3.37. The minimum absolute atomic E-state index is 0.154. The van der Waals surface area contributed by atoms with Gasteiger partial charge < -0.3 is 10.6 Å². The summed E-state index contributed by atoms with van der Waals surface area (Å²) in [6.07, 6.45) is 4.47. The molecular weight excluding hydrogens is 282 g/mol. The van der Waals surface area contributed by atoms with Crippen molar-refractivity contribution < 1.29 is 0 Å². The topological polar surface area (TPSA) is 97.0 Å². The summed E-state index contributed by atoms with van der Waals surface area (Å²) in [5, 5.41) is 0.483. The number of nitrogens with one attached hydrogen (secondary N) is 1. The third-order valence-corrected chi connectivity index (χ3v) is 4.62. The summed E-state index contributed by atoms with van der Waals surface area (Å²) in [6, 6.07) is 0.350. The molecule has 3 heterocycles. The average molecular weight is 301 g/mol. The van der Waals surface area contributed by atoms with E-state index in [1.807, 2.05) is 6.92 Å². The van der Waals surface area contributed by atoms with Gasteiger partial charge in [-0.3, -0.25) is 14.3 Å². The predicted octanol–water partition coefficient (Wildman–Crippen LogP) is 0.266. The van der Waals surface area contributed by atoms with E-state index in [9.17, 15) is 9.59 Å². The highest BCUT2D eigenvalue weighted by atomic mass is 16.2. The van der Waals surface area contributed by atoms with E-state index in [2.05, 4.69) is 14.9 Å². The minimum atomic E-state index is -0.364. The quantitative estimate of drug-likeness (QED) is 0.829. The normalized spacial score (nSPS) is 21.7. The van der Waals surface area contributed by atoms with Crippen LogP contribution in [-0.2, 0) is 0 Å². The number of pyridine rings is 1. The molecule has 116 valence electrons. The molecule has 2 aromatic heterocycles. The van der Waals surface area contributed by atoms with Crippen molar-refractivity contribution in [1.29, 1.82) is 0 Å². The predicted molar refractivity (Wildman–Crippen MR) is 84.4 cm³/mol. The molecule has 0 amide bonds. The van der Waals surface area contributed by atoms with E-state index in [1.54, 1.807) is 10.8 Å². The van der Waals surface area contributed by atoms with Crippen LogP contribution < -0.4 is 21.9 Å². The minimum Gasteiger partial charge on any atom is -0.355 e. The van der Waals surface area contributed by atoms with Gasteiger partial charge >= 0.3 is 5.69 Å². The number of fused-ring (bicyclic) bond motifs is 1. The second kappa shape index (κ2) is 4.67. The van der Waals surface area contributed by atoms with Crippen LogP contribution in [-0.4, -0.2) is 33.7 Å². The number of aryl methyl sites for hydroxylation is 1. The van der Waals surface area contributed by atoms with Gasteiger partial charge in [-0.1, -0.05) is 0 Å². The Bertz CT molecular complexity index is 865. The lowest BCUT2D eigenvalue weighted by Gasteiger charge is -2.21. The van der Waals surface area contributed by atoms with Crippen molar-refractivity contribution in [3.05, 3.63) is 32.6 Å². The number of nitrogens with two attached hydrogens (primary N) is 1. The summed E-state index contributed by atoms with van der Waals surface area (Å²) in [5.74, 6) is 0.833. The van der Waals surface area contributed by atoms with E-state index in [0.29, 0.717) is 5.39 Å². The zero-order chi connectivity index (χ0) is 15.4. The van der Waals surface area contributed by atoms with E-state index >= 15 is 0 Å². The Morgan fingerprint density at radius 1 is 1.32 bits per heavy atom. The van der Waals surface area contributed by atoms with E-state index in [1.165, 1.54) is 0 Å². The lowest BCUT2D eigenvalue weighted by molar-refractivity contribution is 0.705. The van der Waals surface area contributed by atoms with Crippen LogP contribution in [0.5, 0.6) is 0 Å². The molecule has 22 heavy (non-hydrogen) atoms. The fourth-order valence-corrected chi connectivity index (χ4v) is 3.37. The summed E-state index contributed by atoms with van der Waals surface area (Å²) in [4.78, 5) is 33.3. The smallest absolute Gasteiger partial charge is 0.329 e. The van der Waals surface area contributed by atoms with Gasteiger partial charge in [0.1, 0.15) is 5.82 Å². The molecule has 2 fully saturated rings. The van der Waals surface area contributed by atoms with Crippen LogP contribution in [0.4, 0.5) is 5.82 Å². The molecule has 1 aliphatic carbocycles. The molecule has 2 aromatic rings. The number of hydrogen-bond acceptors (Lipinski definition) is 5. The molecule has 7 nitrogen and oxygen atoms in total. The summed E-state index contributed by atoms with van der Waals surface area (Å²) in [5.41, 5.74) is 6.91. The van der Waals surface area contributed by atoms with Gasteiger partial charge in [-0.25, -0.2) is 9.78 Å². The Hall–Kier alpha value is -2.15. The van der Waals surface area contributed by atoms with Crippen molar-refractivity contribution in [2.45, 2.75) is 38.3 Å². The number of rotatable bonds is 2. The van der Waals surface area contributed by atoms with Crippen LogP contribution >= 0.6 is 0 Å². The molecular formula is C15H19N5O2. The Morgan fingerprint density at radius 3 is 2.73 bits per heavy atom. The standard InChI is InChI=1S/C15H19N5O2/c1-8-12-11(6-17-13(8)19-5-4-9(16)7-19)14(21)18-15(22)20(12)10-2-3-10/h6,9-10H,2-5,7,16H2,1H3,(H,18,21,22). The second-order valence-electron chi connectivity index (χ2n) is 6.32. The molecule has 0 radical (unpaired) electrons. The van der Waals surface area contributed by atoms with Gasteiger partial charge in [-0.05, 0) is 26.2 Å². The first kappa shape index (κ1) is 13.5. The third-order valence-electron chi connectivity index (χ3n) is 4.62. The lowest BCUT2D eigenvalue weighted by atomic mass is 10.2. The van der Waals surface area contributed by atoms with Crippen LogP contribution in [0.15, 0.2) is 15.8 Å². The molecule has 4 rings (SSSR count). The maximum atomic E-state index is 12.2. The van der Waals surface area contributed by atoms with Crippen molar-refractivity contribution in [2.75, 3.05) is 18.0 Å². The summed E-state index contributed by atoms with van der Waals surface area (Å²) in [6.45, 7) is 3.56. The maximum Gasteiger partial charge on any atom is 0.329 e. The van der Waals surface area contributed by atoms with Crippen molar-refractivity contribution >= 4 is 16.7 Å². The molecule has 1 aliphatic heterocycles. The Morgan fingerprint density at radius 2 is 2.09 bits per heavy atom. The van der Waals surface area contributed by atoms with Gasteiger partial charge in [0.2, 0.25) is 0 Å². The number of aromatic amines is 1. The molecule has 2 aliphatic rings. The second-order valence-corrected chi connectivity index (χ2v) is 6.32.